The summed E-state index contributed by atoms with van der Waals surface area (Å²) in [5.41, 5.74) is 0. The van der Waals surface area contributed by atoms with E-state index in [9.17, 15) is 0 Å². The average molecular weight is 402 g/mol. The van der Waals surface area contributed by atoms with Gasteiger partial charge in [0.1, 0.15) is 18.2 Å². The third-order valence-electron chi connectivity index (χ3n) is 5.29. The van der Waals surface area contributed by atoms with Crippen LogP contribution in [-0.4, -0.2) is 60.2 Å². The molecule has 4 rings (SSSR count). The minimum Gasteiger partial charge on any atom is -0.469 e. The van der Waals surface area contributed by atoms with E-state index in [1.165, 1.54) is 0 Å². The van der Waals surface area contributed by atoms with Crippen molar-refractivity contribution < 1.29 is 13.9 Å². The van der Waals surface area contributed by atoms with E-state index in [-0.39, 0.29) is 6.04 Å². The molecule has 2 aromatic heterocycles. The first kappa shape index (κ1) is 19.9. The number of aliphatic imine (C=N–C) groups is 1. The summed E-state index contributed by atoms with van der Waals surface area (Å²) in [6.07, 6.45) is 5.50. The maximum absolute atomic E-state index is 5.48. The van der Waals surface area contributed by atoms with Crippen LogP contribution in [0.25, 0.3) is 0 Å². The van der Waals surface area contributed by atoms with Crippen LogP contribution in [-0.2, 0) is 35.5 Å². The Morgan fingerprint density at radius 1 is 1.41 bits per heavy atom. The zero-order chi connectivity index (χ0) is 19.9. The van der Waals surface area contributed by atoms with Crippen molar-refractivity contribution in [3.63, 3.8) is 0 Å². The van der Waals surface area contributed by atoms with Crippen molar-refractivity contribution in [2.45, 2.75) is 44.9 Å². The molecule has 2 N–H and O–H groups in total. The minimum absolute atomic E-state index is 0.259. The summed E-state index contributed by atoms with van der Waals surface area (Å²) < 4.78 is 18.0. The maximum atomic E-state index is 5.48. The molecule has 2 aliphatic heterocycles. The van der Waals surface area contributed by atoms with Gasteiger partial charge in [-0.2, -0.15) is 5.10 Å². The summed E-state index contributed by atoms with van der Waals surface area (Å²) in [6, 6.07) is 4.17. The van der Waals surface area contributed by atoms with E-state index in [4.69, 9.17) is 18.9 Å². The fourth-order valence-electron chi connectivity index (χ4n) is 3.72. The summed E-state index contributed by atoms with van der Waals surface area (Å²) in [5, 5.41) is 11.6. The first-order valence-corrected chi connectivity index (χ1v) is 10.4. The standard InChI is InChI=1S/C20H30N6O3/c1-27-14-18-24-19-5-4-16(12-26(19)25-18)23-20(22-11-15-7-10-28-13-15)21-8-6-17-3-2-9-29-17/h2-3,9,15-16H,4-8,10-14H2,1H3,(H2,21,22,23). The molecule has 1 saturated heterocycles. The maximum Gasteiger partial charge on any atom is 0.191 e. The van der Waals surface area contributed by atoms with Crippen LogP contribution < -0.4 is 10.6 Å². The van der Waals surface area contributed by atoms with Gasteiger partial charge in [0.2, 0.25) is 0 Å². The first-order valence-electron chi connectivity index (χ1n) is 10.4. The smallest absolute Gasteiger partial charge is 0.191 e. The molecule has 0 amide bonds. The number of nitrogens with zero attached hydrogens (tertiary/aromatic N) is 4. The number of guanidine groups is 1. The molecule has 1 fully saturated rings. The predicted molar refractivity (Wildman–Crippen MR) is 108 cm³/mol. The van der Waals surface area contributed by atoms with Crippen LogP contribution >= 0.6 is 0 Å². The van der Waals surface area contributed by atoms with Crippen LogP contribution in [0.3, 0.4) is 0 Å². The van der Waals surface area contributed by atoms with Crippen LogP contribution in [0, 0.1) is 5.92 Å². The van der Waals surface area contributed by atoms with Gasteiger partial charge in [-0.3, -0.25) is 4.99 Å². The lowest BCUT2D eigenvalue weighted by Gasteiger charge is -2.25. The fraction of sp³-hybridized carbons (Fsp3) is 0.650. The number of ether oxygens (including phenoxy) is 2. The normalized spacial score (nSPS) is 21.9. The van der Waals surface area contributed by atoms with Gasteiger partial charge in [0.25, 0.3) is 0 Å². The van der Waals surface area contributed by atoms with Crippen molar-refractivity contribution in [3.8, 4) is 0 Å². The first-order chi connectivity index (χ1) is 14.3. The Labute approximate surface area is 170 Å². The topological polar surface area (TPSA) is 98.7 Å². The van der Waals surface area contributed by atoms with Gasteiger partial charge < -0.3 is 24.5 Å². The van der Waals surface area contributed by atoms with Crippen LogP contribution in [0.2, 0.25) is 0 Å². The second kappa shape index (κ2) is 9.89. The molecule has 0 saturated carbocycles. The molecule has 2 unspecified atom stereocenters. The lowest BCUT2D eigenvalue weighted by molar-refractivity contribution is 0.177. The van der Waals surface area contributed by atoms with Gasteiger partial charge in [0, 0.05) is 51.6 Å². The van der Waals surface area contributed by atoms with E-state index in [1.54, 1.807) is 13.4 Å². The number of hydrogen-bond acceptors (Lipinski definition) is 6. The van der Waals surface area contributed by atoms with Crippen LogP contribution in [0.15, 0.2) is 27.8 Å². The van der Waals surface area contributed by atoms with E-state index in [2.05, 4.69) is 20.7 Å². The summed E-state index contributed by atoms with van der Waals surface area (Å²) in [5.74, 6) is 4.09. The molecular formula is C20H30N6O3. The van der Waals surface area contributed by atoms with Crippen molar-refractivity contribution >= 4 is 5.96 Å². The Hall–Kier alpha value is -2.39. The highest BCUT2D eigenvalue weighted by molar-refractivity contribution is 5.80. The van der Waals surface area contributed by atoms with Crippen LogP contribution in [0.5, 0.6) is 0 Å². The summed E-state index contributed by atoms with van der Waals surface area (Å²) >= 11 is 0. The molecule has 0 spiro atoms. The molecule has 0 radical (unpaired) electrons. The highest BCUT2D eigenvalue weighted by atomic mass is 16.5. The molecule has 4 heterocycles. The molecule has 158 valence electrons. The molecular weight excluding hydrogens is 372 g/mol. The summed E-state index contributed by atoms with van der Waals surface area (Å²) in [4.78, 5) is 9.38. The van der Waals surface area contributed by atoms with Crippen LogP contribution in [0.4, 0.5) is 0 Å². The monoisotopic (exact) mass is 402 g/mol. The lowest BCUT2D eigenvalue weighted by atomic mass is 10.1. The molecule has 0 aromatic carbocycles. The van der Waals surface area contributed by atoms with Crippen molar-refractivity contribution in [3.05, 3.63) is 35.8 Å². The highest BCUT2D eigenvalue weighted by Crippen LogP contribution is 2.14. The number of fused-ring (bicyclic) bond motifs is 1. The number of rotatable bonds is 8. The molecule has 9 nitrogen and oxygen atoms in total. The van der Waals surface area contributed by atoms with Gasteiger partial charge in [0.05, 0.1) is 19.4 Å². The van der Waals surface area contributed by atoms with Gasteiger partial charge in [-0.25, -0.2) is 9.67 Å². The number of nitrogens with one attached hydrogen (secondary N) is 2. The van der Waals surface area contributed by atoms with E-state index in [1.807, 2.05) is 16.8 Å². The minimum atomic E-state index is 0.259. The Balaban J connectivity index is 1.35. The Morgan fingerprint density at radius 3 is 3.17 bits per heavy atom. The van der Waals surface area contributed by atoms with Crippen LogP contribution in [0.1, 0.15) is 30.3 Å². The Kier molecular flexibility index (Phi) is 6.79. The van der Waals surface area contributed by atoms with E-state index in [0.717, 1.165) is 81.9 Å². The second-order valence-corrected chi connectivity index (χ2v) is 7.61. The molecule has 0 aliphatic carbocycles. The number of furan rings is 1. The molecule has 2 aromatic rings. The molecule has 2 aliphatic rings. The second-order valence-electron chi connectivity index (χ2n) is 7.61. The van der Waals surface area contributed by atoms with Gasteiger partial charge in [0.15, 0.2) is 11.8 Å². The quantitative estimate of drug-likeness (QED) is 0.505. The third-order valence-corrected chi connectivity index (χ3v) is 5.29. The number of methoxy groups -OCH3 is 1. The SMILES string of the molecule is COCc1nc2n(n1)CC(NC(=NCC1CCOC1)NCCc1ccco1)CC2. The number of hydrogen-bond donors (Lipinski definition) is 2. The largest absolute Gasteiger partial charge is 0.469 e. The molecule has 29 heavy (non-hydrogen) atoms. The molecule has 2 atom stereocenters. The van der Waals surface area contributed by atoms with E-state index in [0.29, 0.717) is 12.5 Å². The van der Waals surface area contributed by atoms with Crippen molar-refractivity contribution in [2.24, 2.45) is 10.9 Å². The zero-order valence-corrected chi connectivity index (χ0v) is 17.0. The van der Waals surface area contributed by atoms with E-state index >= 15 is 0 Å². The van der Waals surface area contributed by atoms with Crippen molar-refractivity contribution in [1.82, 2.24) is 25.4 Å². The summed E-state index contributed by atoms with van der Waals surface area (Å²) in [6.45, 7) is 4.41. The lowest BCUT2D eigenvalue weighted by Crippen LogP contribution is -2.47. The zero-order valence-electron chi connectivity index (χ0n) is 17.0. The highest BCUT2D eigenvalue weighted by Gasteiger charge is 2.23. The third kappa shape index (κ3) is 5.57. The van der Waals surface area contributed by atoms with Gasteiger partial charge in [-0.1, -0.05) is 0 Å². The fourth-order valence-corrected chi connectivity index (χ4v) is 3.72. The van der Waals surface area contributed by atoms with Crippen molar-refractivity contribution in [2.75, 3.05) is 33.4 Å². The molecule has 0 bridgehead atoms. The van der Waals surface area contributed by atoms with Gasteiger partial charge in [-0.05, 0) is 25.0 Å². The summed E-state index contributed by atoms with van der Waals surface area (Å²) in [7, 11) is 1.66. The number of aryl methyl sites for hydroxylation is 1. The van der Waals surface area contributed by atoms with Gasteiger partial charge in [-0.15, -0.1) is 0 Å². The van der Waals surface area contributed by atoms with Gasteiger partial charge >= 0.3 is 0 Å². The molecule has 9 heteroatoms. The number of aromatic nitrogens is 3. The van der Waals surface area contributed by atoms with E-state index < -0.39 is 0 Å². The Bertz CT molecular complexity index is 782. The Morgan fingerprint density at radius 2 is 2.38 bits per heavy atom. The van der Waals surface area contributed by atoms with Crippen molar-refractivity contribution in [1.29, 1.82) is 0 Å². The predicted octanol–water partition coefficient (Wildman–Crippen LogP) is 1.15. The average Bonchev–Trinajstić information content (AvgIpc) is 3.47.